The minimum atomic E-state index is -0.635. The molecular formula is C36H27ClN2O5. The summed E-state index contributed by atoms with van der Waals surface area (Å²) >= 11 is 6.24. The third kappa shape index (κ3) is 3.82. The molecular weight excluding hydrogens is 576 g/mol. The number of halogens is 1. The van der Waals surface area contributed by atoms with Crippen LogP contribution in [0.5, 0.6) is 5.75 Å². The first-order valence-corrected chi connectivity index (χ1v) is 15.1. The summed E-state index contributed by atoms with van der Waals surface area (Å²) in [6.07, 6.45) is 0.0372. The van der Waals surface area contributed by atoms with E-state index in [1.807, 2.05) is 37.3 Å². The summed E-state index contributed by atoms with van der Waals surface area (Å²) in [5.41, 5.74) is 6.39. The molecule has 2 fully saturated rings. The summed E-state index contributed by atoms with van der Waals surface area (Å²) in [7, 11) is 0. The third-order valence-corrected chi connectivity index (χ3v) is 10.2. The Morgan fingerprint density at radius 2 is 1.30 bits per heavy atom. The number of hydrogen-bond donors (Lipinski definition) is 0. The van der Waals surface area contributed by atoms with Gasteiger partial charge in [0.2, 0.25) is 17.7 Å². The van der Waals surface area contributed by atoms with Gasteiger partial charge in [-0.15, -0.1) is 0 Å². The zero-order chi connectivity index (χ0) is 30.3. The molecule has 0 unspecified atom stereocenters. The van der Waals surface area contributed by atoms with E-state index in [1.165, 1.54) is 4.90 Å². The number of amides is 3. The van der Waals surface area contributed by atoms with Crippen LogP contribution in [0, 0.1) is 24.7 Å². The minimum Gasteiger partial charge on any atom is -0.426 e. The van der Waals surface area contributed by atoms with E-state index in [0.29, 0.717) is 16.4 Å². The van der Waals surface area contributed by atoms with Gasteiger partial charge in [-0.05, 0) is 71.1 Å². The molecule has 7 nitrogen and oxygen atoms in total. The average molecular weight is 603 g/mol. The number of anilines is 2. The monoisotopic (exact) mass is 602 g/mol. The van der Waals surface area contributed by atoms with Crippen LogP contribution in [0.15, 0.2) is 91.0 Å². The van der Waals surface area contributed by atoms with Crippen molar-refractivity contribution in [3.05, 3.63) is 124 Å². The van der Waals surface area contributed by atoms with Crippen molar-refractivity contribution in [2.24, 2.45) is 17.8 Å². The lowest BCUT2D eigenvalue weighted by Crippen LogP contribution is -2.41. The Balaban J connectivity index is 1.02. The Bertz CT molecular complexity index is 1790. The summed E-state index contributed by atoms with van der Waals surface area (Å²) in [6.45, 7) is 2.04. The van der Waals surface area contributed by atoms with E-state index in [4.69, 9.17) is 16.3 Å². The van der Waals surface area contributed by atoms with Gasteiger partial charge in [-0.2, -0.15) is 0 Å². The molecule has 218 valence electrons. The zero-order valence-corrected chi connectivity index (χ0v) is 24.5. The van der Waals surface area contributed by atoms with E-state index in [1.54, 1.807) is 41.3 Å². The second-order valence-electron chi connectivity index (χ2n) is 12.0. The van der Waals surface area contributed by atoms with Crippen LogP contribution >= 0.6 is 11.6 Å². The normalized spacial score (nSPS) is 24.8. The molecule has 44 heavy (non-hydrogen) atoms. The molecule has 2 saturated heterocycles. The van der Waals surface area contributed by atoms with E-state index in [2.05, 4.69) is 24.3 Å². The van der Waals surface area contributed by atoms with Gasteiger partial charge >= 0.3 is 5.97 Å². The molecule has 0 N–H and O–H groups in total. The van der Waals surface area contributed by atoms with E-state index in [-0.39, 0.29) is 48.3 Å². The van der Waals surface area contributed by atoms with Gasteiger partial charge in [0.25, 0.3) is 0 Å². The second kappa shape index (κ2) is 9.89. The summed E-state index contributed by atoms with van der Waals surface area (Å²) in [4.78, 5) is 56.7. The standard InChI is InChI=1S/C36H27ClN2O5/c1-19-27(37)11-6-12-28(19)38-18-20(17-29(38)40)36(43)44-22-15-13-21(14-16-22)39-34(41)32-30-23-7-2-3-8-24(23)31(33(32)35(39)42)26-10-5-4-9-25(26)30/h2-16,20,30-33H,17-18H2,1H3/t20-,30?,31?,32-,33+/m0/s1. The van der Waals surface area contributed by atoms with Crippen molar-refractivity contribution >= 4 is 46.7 Å². The summed E-state index contributed by atoms with van der Waals surface area (Å²) < 4.78 is 5.65. The number of rotatable bonds is 4. The first-order chi connectivity index (χ1) is 21.3. The number of hydrogen-bond acceptors (Lipinski definition) is 5. The molecule has 5 aliphatic rings. The summed E-state index contributed by atoms with van der Waals surface area (Å²) in [5.74, 6) is -2.75. The highest BCUT2D eigenvalue weighted by Gasteiger charge is 2.61. The van der Waals surface area contributed by atoms with Crippen molar-refractivity contribution < 1.29 is 23.9 Å². The van der Waals surface area contributed by atoms with Gasteiger partial charge in [-0.3, -0.25) is 19.2 Å². The molecule has 2 bridgehead atoms. The van der Waals surface area contributed by atoms with E-state index in [0.717, 1.165) is 27.8 Å². The van der Waals surface area contributed by atoms with Crippen LogP contribution in [0.4, 0.5) is 11.4 Å². The van der Waals surface area contributed by atoms with Crippen molar-refractivity contribution in [1.82, 2.24) is 0 Å². The molecule has 4 aromatic rings. The van der Waals surface area contributed by atoms with Crippen LogP contribution in [-0.4, -0.2) is 30.2 Å². The van der Waals surface area contributed by atoms with Crippen LogP contribution in [0.25, 0.3) is 0 Å². The van der Waals surface area contributed by atoms with Crippen LogP contribution in [0.3, 0.4) is 0 Å². The van der Waals surface area contributed by atoms with Crippen molar-refractivity contribution in [2.75, 3.05) is 16.3 Å². The molecule has 0 spiro atoms. The number of carbonyl (C=O) groups excluding carboxylic acids is 4. The van der Waals surface area contributed by atoms with Crippen molar-refractivity contribution in [1.29, 1.82) is 0 Å². The van der Waals surface area contributed by atoms with Gasteiger partial charge in [0, 0.05) is 35.5 Å². The Morgan fingerprint density at radius 3 is 1.84 bits per heavy atom. The fraction of sp³-hybridized carbons (Fsp3) is 0.222. The Kier molecular flexibility index (Phi) is 6.04. The molecule has 9 rings (SSSR count). The molecule has 8 heteroatoms. The first kappa shape index (κ1) is 26.8. The maximum atomic E-state index is 14.0. The number of imide groups is 1. The highest BCUT2D eigenvalue weighted by Crippen LogP contribution is 2.61. The first-order valence-electron chi connectivity index (χ1n) is 14.8. The van der Waals surface area contributed by atoms with Crippen LogP contribution in [-0.2, 0) is 19.2 Å². The lowest BCUT2D eigenvalue weighted by molar-refractivity contribution is -0.139. The number of nitrogens with zero attached hydrogens (tertiary/aromatic N) is 2. The molecule has 3 amide bonds. The van der Waals surface area contributed by atoms with E-state index in [9.17, 15) is 19.2 Å². The largest absolute Gasteiger partial charge is 0.426 e. The molecule has 3 atom stereocenters. The van der Waals surface area contributed by atoms with Crippen molar-refractivity contribution in [2.45, 2.75) is 25.2 Å². The average Bonchev–Trinajstić information content (AvgIpc) is 3.55. The number of ether oxygens (including phenoxy) is 1. The molecule has 2 heterocycles. The fourth-order valence-corrected chi connectivity index (χ4v) is 7.95. The highest BCUT2D eigenvalue weighted by atomic mass is 35.5. The molecule has 2 aliphatic heterocycles. The maximum Gasteiger partial charge on any atom is 0.316 e. The van der Waals surface area contributed by atoms with Crippen molar-refractivity contribution in [3.8, 4) is 5.75 Å². The van der Waals surface area contributed by atoms with Gasteiger partial charge in [-0.25, -0.2) is 4.90 Å². The Hall–Kier alpha value is -4.75. The van der Waals surface area contributed by atoms with Gasteiger partial charge in [0.1, 0.15) is 5.75 Å². The number of benzene rings is 4. The molecule has 3 aliphatic carbocycles. The van der Waals surface area contributed by atoms with Crippen LogP contribution < -0.4 is 14.5 Å². The molecule has 4 aromatic carbocycles. The van der Waals surface area contributed by atoms with Gasteiger partial charge in [0.05, 0.1) is 23.4 Å². The molecule has 0 radical (unpaired) electrons. The van der Waals surface area contributed by atoms with Gasteiger partial charge in [0.15, 0.2) is 0 Å². The van der Waals surface area contributed by atoms with Crippen LogP contribution in [0.2, 0.25) is 5.02 Å². The molecule has 0 aromatic heterocycles. The predicted octanol–water partition coefficient (Wildman–Crippen LogP) is 6.00. The SMILES string of the molecule is Cc1c(Cl)cccc1N1C[C@@H](C(=O)Oc2ccc(N3C(=O)[C@@H]4C5c6ccccc6C(c6ccccc65)[C@@H]4C3=O)cc2)CC1=O. The van der Waals surface area contributed by atoms with E-state index >= 15 is 0 Å². The number of carbonyl (C=O) groups is 4. The van der Waals surface area contributed by atoms with Crippen LogP contribution in [0.1, 0.15) is 46.1 Å². The zero-order valence-electron chi connectivity index (χ0n) is 23.8. The molecule has 0 saturated carbocycles. The topological polar surface area (TPSA) is 84.0 Å². The van der Waals surface area contributed by atoms with E-state index < -0.39 is 23.7 Å². The lowest BCUT2D eigenvalue weighted by atomic mass is 9.55. The minimum absolute atomic E-state index is 0.0372. The highest BCUT2D eigenvalue weighted by molar-refractivity contribution is 6.31. The Labute approximate surface area is 259 Å². The lowest BCUT2D eigenvalue weighted by Gasteiger charge is -2.45. The second-order valence-corrected chi connectivity index (χ2v) is 12.4. The quantitative estimate of drug-likeness (QED) is 0.162. The number of esters is 1. The van der Waals surface area contributed by atoms with Crippen molar-refractivity contribution in [3.63, 3.8) is 0 Å². The fourth-order valence-electron chi connectivity index (χ4n) is 7.78. The maximum absolute atomic E-state index is 14.0. The smallest absolute Gasteiger partial charge is 0.316 e. The summed E-state index contributed by atoms with van der Waals surface area (Å²) in [6, 6.07) is 28.1. The summed E-state index contributed by atoms with van der Waals surface area (Å²) in [5, 5.41) is 0.553. The predicted molar refractivity (Wildman–Crippen MR) is 165 cm³/mol. The third-order valence-electron chi connectivity index (χ3n) is 9.75. The van der Waals surface area contributed by atoms with Gasteiger partial charge in [-0.1, -0.05) is 66.2 Å². The Morgan fingerprint density at radius 1 is 0.750 bits per heavy atom. The van der Waals surface area contributed by atoms with Gasteiger partial charge < -0.3 is 9.64 Å².